The normalized spacial score (nSPS) is 20.2. The van der Waals surface area contributed by atoms with Crippen LogP contribution in [-0.2, 0) is 33.3 Å². The third-order valence-electron chi connectivity index (χ3n) is 10.9. The van der Waals surface area contributed by atoms with E-state index in [-0.39, 0.29) is 26.1 Å². The largest absolute Gasteiger partial charge is 0.479 e. The van der Waals surface area contributed by atoms with Crippen LogP contribution in [0.2, 0.25) is 0 Å². The molecule has 1 aliphatic heterocycles. The van der Waals surface area contributed by atoms with Gasteiger partial charge in [-0.2, -0.15) is 0 Å². The molecule has 11 heteroatoms. The molecule has 1 heterocycles. The maximum absolute atomic E-state index is 12.7. The summed E-state index contributed by atoms with van der Waals surface area (Å²) in [6.07, 6.45) is 29.8. The number of aliphatic hydroxyl groups is 3. The number of unbranched alkanes of at least 4 members (excludes halogenated alkanes) is 26. The number of allylic oxidation sites excluding steroid dienone is 2. The molecule has 0 amide bonds. The summed E-state index contributed by atoms with van der Waals surface area (Å²) in [5.41, 5.74) is 0. The van der Waals surface area contributed by atoms with Crippen LogP contribution in [0.1, 0.15) is 213 Å². The molecular formula is C46H84O11. The number of aliphatic carboxylic acids is 1. The fraction of sp³-hybridized carbons (Fsp3) is 0.891. The first-order valence-electron chi connectivity index (χ1n) is 23.2. The molecule has 6 unspecified atom stereocenters. The number of carboxylic acids is 1. The van der Waals surface area contributed by atoms with Crippen LogP contribution >= 0.6 is 0 Å². The maximum Gasteiger partial charge on any atom is 0.335 e. The molecule has 11 nitrogen and oxygen atoms in total. The van der Waals surface area contributed by atoms with Crippen molar-refractivity contribution in [1.29, 1.82) is 0 Å². The van der Waals surface area contributed by atoms with Crippen LogP contribution in [0.3, 0.4) is 0 Å². The first-order chi connectivity index (χ1) is 27.7. The molecule has 4 N–H and O–H groups in total. The molecule has 6 atom stereocenters. The van der Waals surface area contributed by atoms with Gasteiger partial charge in [-0.15, -0.1) is 0 Å². The van der Waals surface area contributed by atoms with Gasteiger partial charge in [0.05, 0.1) is 6.61 Å². The Morgan fingerprint density at radius 3 is 1.37 bits per heavy atom. The van der Waals surface area contributed by atoms with Crippen LogP contribution in [0.4, 0.5) is 0 Å². The van der Waals surface area contributed by atoms with Gasteiger partial charge in [0.2, 0.25) is 0 Å². The number of hydrogen-bond donors (Lipinski definition) is 4. The number of rotatable bonds is 39. The standard InChI is InChI=1S/C46H84O11/c1-3-5-7-9-11-13-15-17-18-19-20-21-22-23-25-26-28-30-32-34-39(47)54-36-38(37-55-46-43(51)41(49)42(50)44(57-46)45(52)53)56-40(48)35-33-31-29-27-24-16-14-12-10-8-6-4-2/h17-18,38,41-44,46,49-51H,3-16,19-37H2,1-2H3,(H,52,53)/b18-17-. The van der Waals surface area contributed by atoms with Gasteiger partial charge in [-0.05, 0) is 38.5 Å². The molecule has 0 aliphatic carbocycles. The fourth-order valence-electron chi connectivity index (χ4n) is 7.17. The summed E-state index contributed by atoms with van der Waals surface area (Å²) in [4.78, 5) is 36.8. The van der Waals surface area contributed by atoms with Crippen molar-refractivity contribution in [1.82, 2.24) is 0 Å². The number of aliphatic hydroxyl groups excluding tert-OH is 3. The van der Waals surface area contributed by atoms with Gasteiger partial charge < -0.3 is 39.4 Å². The van der Waals surface area contributed by atoms with Gasteiger partial charge in [-0.25, -0.2) is 4.79 Å². The SMILES string of the molecule is CCCCCCCC/C=C\CCCCCCCCCCCC(=O)OCC(COC1OC(C(=O)O)C(O)C(O)C1O)OC(=O)CCCCCCCCCCCCCC. The molecular weight excluding hydrogens is 728 g/mol. The second kappa shape index (κ2) is 37.0. The van der Waals surface area contributed by atoms with Gasteiger partial charge in [0.25, 0.3) is 0 Å². The number of carbonyl (C=O) groups is 3. The van der Waals surface area contributed by atoms with Gasteiger partial charge in [-0.1, -0.05) is 174 Å². The summed E-state index contributed by atoms with van der Waals surface area (Å²) in [6, 6.07) is 0. The van der Waals surface area contributed by atoms with Crippen LogP contribution in [0.5, 0.6) is 0 Å². The second-order valence-electron chi connectivity index (χ2n) is 16.3. The topological polar surface area (TPSA) is 169 Å². The second-order valence-corrected chi connectivity index (χ2v) is 16.3. The molecule has 0 aromatic carbocycles. The average Bonchev–Trinajstić information content (AvgIpc) is 3.19. The van der Waals surface area contributed by atoms with Crippen molar-refractivity contribution in [3.8, 4) is 0 Å². The molecule has 1 rings (SSSR count). The smallest absolute Gasteiger partial charge is 0.335 e. The third-order valence-corrected chi connectivity index (χ3v) is 10.9. The highest BCUT2D eigenvalue weighted by Gasteiger charge is 2.47. The van der Waals surface area contributed by atoms with E-state index in [1.165, 1.54) is 135 Å². The monoisotopic (exact) mass is 813 g/mol. The minimum atomic E-state index is -1.86. The summed E-state index contributed by atoms with van der Waals surface area (Å²) >= 11 is 0. The molecule has 0 spiro atoms. The van der Waals surface area contributed by atoms with E-state index in [2.05, 4.69) is 26.0 Å². The maximum atomic E-state index is 12.7. The molecule has 0 aromatic rings. The van der Waals surface area contributed by atoms with E-state index in [4.69, 9.17) is 18.9 Å². The van der Waals surface area contributed by atoms with Crippen molar-refractivity contribution in [2.45, 2.75) is 250 Å². The number of ether oxygens (including phenoxy) is 4. The lowest BCUT2D eigenvalue weighted by Crippen LogP contribution is -2.60. The van der Waals surface area contributed by atoms with Crippen LogP contribution in [0.25, 0.3) is 0 Å². The van der Waals surface area contributed by atoms with Crippen LogP contribution in [-0.4, -0.2) is 88.4 Å². The Balaban J connectivity index is 2.32. The van der Waals surface area contributed by atoms with Crippen molar-refractivity contribution in [3.05, 3.63) is 12.2 Å². The van der Waals surface area contributed by atoms with Crippen molar-refractivity contribution < 1.29 is 53.8 Å². The van der Waals surface area contributed by atoms with Gasteiger partial charge in [0, 0.05) is 12.8 Å². The van der Waals surface area contributed by atoms with Crippen molar-refractivity contribution in [3.63, 3.8) is 0 Å². The molecule has 0 bridgehead atoms. The highest BCUT2D eigenvalue weighted by atomic mass is 16.7. The molecule has 0 saturated carbocycles. The summed E-state index contributed by atoms with van der Waals surface area (Å²) in [6.45, 7) is 3.82. The third kappa shape index (κ3) is 28.9. The van der Waals surface area contributed by atoms with Crippen molar-refractivity contribution >= 4 is 17.9 Å². The van der Waals surface area contributed by atoms with Crippen LogP contribution in [0.15, 0.2) is 12.2 Å². The Morgan fingerprint density at radius 1 is 0.526 bits per heavy atom. The molecule has 1 saturated heterocycles. The average molecular weight is 813 g/mol. The number of esters is 2. The van der Waals surface area contributed by atoms with Crippen LogP contribution < -0.4 is 0 Å². The molecule has 0 aromatic heterocycles. The van der Waals surface area contributed by atoms with E-state index in [1.54, 1.807) is 0 Å². The molecule has 334 valence electrons. The van der Waals surface area contributed by atoms with Gasteiger partial charge in [0.1, 0.15) is 24.9 Å². The minimum Gasteiger partial charge on any atom is -0.479 e. The van der Waals surface area contributed by atoms with Gasteiger partial charge >= 0.3 is 17.9 Å². The highest BCUT2D eigenvalue weighted by molar-refractivity contribution is 5.73. The number of hydrogen-bond acceptors (Lipinski definition) is 10. The summed E-state index contributed by atoms with van der Waals surface area (Å²) in [5, 5.41) is 39.8. The van der Waals surface area contributed by atoms with Crippen molar-refractivity contribution in [2.75, 3.05) is 13.2 Å². The van der Waals surface area contributed by atoms with E-state index < -0.39 is 54.7 Å². The zero-order valence-corrected chi connectivity index (χ0v) is 36.1. The Kier molecular flexibility index (Phi) is 34.4. The Hall–Kier alpha value is -2.05. The molecule has 1 aliphatic rings. The lowest BCUT2D eigenvalue weighted by Gasteiger charge is -2.38. The predicted molar refractivity (Wildman–Crippen MR) is 225 cm³/mol. The summed E-state index contributed by atoms with van der Waals surface area (Å²) < 4.78 is 21.7. The highest BCUT2D eigenvalue weighted by Crippen LogP contribution is 2.23. The van der Waals surface area contributed by atoms with Gasteiger partial charge in [-0.3, -0.25) is 9.59 Å². The Labute approximate surface area is 346 Å². The van der Waals surface area contributed by atoms with Crippen molar-refractivity contribution in [2.24, 2.45) is 0 Å². The van der Waals surface area contributed by atoms with Gasteiger partial charge in [0.15, 0.2) is 18.5 Å². The number of carboxylic acid groups (broad SMARTS) is 1. The lowest BCUT2D eigenvalue weighted by molar-refractivity contribution is -0.298. The lowest BCUT2D eigenvalue weighted by atomic mass is 9.99. The minimum absolute atomic E-state index is 0.188. The molecule has 0 radical (unpaired) electrons. The van der Waals surface area contributed by atoms with Crippen LogP contribution in [0, 0.1) is 0 Å². The van der Waals surface area contributed by atoms with E-state index in [9.17, 15) is 34.8 Å². The Bertz CT molecular complexity index is 1000. The Morgan fingerprint density at radius 2 is 0.930 bits per heavy atom. The zero-order chi connectivity index (χ0) is 41.8. The van der Waals surface area contributed by atoms with E-state index >= 15 is 0 Å². The predicted octanol–water partition coefficient (Wildman–Crippen LogP) is 10.0. The van der Waals surface area contributed by atoms with E-state index in [0.717, 1.165) is 38.5 Å². The van der Waals surface area contributed by atoms with E-state index in [0.29, 0.717) is 12.8 Å². The fourth-order valence-corrected chi connectivity index (χ4v) is 7.17. The molecule has 57 heavy (non-hydrogen) atoms. The number of carbonyl (C=O) groups excluding carboxylic acids is 2. The van der Waals surface area contributed by atoms with E-state index in [1.807, 2.05) is 0 Å². The summed E-state index contributed by atoms with van der Waals surface area (Å²) in [5.74, 6) is -2.43. The zero-order valence-electron chi connectivity index (χ0n) is 36.1. The quantitative estimate of drug-likeness (QED) is 0.0265. The first-order valence-corrected chi connectivity index (χ1v) is 23.2. The first kappa shape index (κ1) is 53.0. The summed E-state index contributed by atoms with van der Waals surface area (Å²) in [7, 11) is 0. The molecule has 1 fully saturated rings.